The Hall–Kier alpha value is -6.26. The lowest BCUT2D eigenvalue weighted by atomic mass is 9.63. The van der Waals surface area contributed by atoms with Crippen molar-refractivity contribution in [2.45, 2.75) is 5.41 Å². The van der Waals surface area contributed by atoms with E-state index in [1.165, 1.54) is 44.1 Å². The summed E-state index contributed by atoms with van der Waals surface area (Å²) in [7, 11) is 0. The average Bonchev–Trinajstić information content (AvgIpc) is 3.70. The van der Waals surface area contributed by atoms with Crippen LogP contribution < -0.4 is 0 Å². The van der Waals surface area contributed by atoms with Crippen molar-refractivity contribution in [3.05, 3.63) is 192 Å². The van der Waals surface area contributed by atoms with Crippen molar-refractivity contribution in [1.29, 1.82) is 0 Å². The van der Waals surface area contributed by atoms with Crippen LogP contribution >= 0.6 is 0 Å². The predicted molar refractivity (Wildman–Crippen MR) is 191 cm³/mol. The number of hydrogen-bond acceptors (Lipinski definition) is 2. The first-order chi connectivity index (χ1) is 23.3. The third kappa shape index (κ3) is 3.52. The monoisotopic (exact) mass is 600 g/mol. The molecule has 0 bridgehead atoms. The lowest BCUT2D eigenvalue weighted by Crippen LogP contribution is -2.35. The normalized spacial score (nSPS) is 13.3. The maximum absolute atomic E-state index is 5.28. The van der Waals surface area contributed by atoms with E-state index in [1.807, 2.05) is 18.5 Å². The fraction of sp³-hybridized carbons (Fsp3) is 0.0233. The van der Waals surface area contributed by atoms with Crippen molar-refractivity contribution in [1.82, 2.24) is 19.1 Å². The summed E-state index contributed by atoms with van der Waals surface area (Å²) in [4.78, 5) is 9.75. The van der Waals surface area contributed by atoms with Gasteiger partial charge in [0.2, 0.25) is 0 Å². The van der Waals surface area contributed by atoms with Gasteiger partial charge in [-0.1, -0.05) is 109 Å². The van der Waals surface area contributed by atoms with E-state index in [9.17, 15) is 0 Å². The van der Waals surface area contributed by atoms with Crippen molar-refractivity contribution in [2.75, 3.05) is 0 Å². The number of nitrogens with zero attached hydrogens (tertiary/aromatic N) is 4. The van der Waals surface area contributed by atoms with Gasteiger partial charge in [0, 0.05) is 34.4 Å². The minimum absolute atomic E-state index is 0.603. The summed E-state index contributed by atoms with van der Waals surface area (Å²) < 4.78 is 4.77. The molecule has 0 unspecified atom stereocenters. The molecule has 3 aromatic heterocycles. The zero-order valence-corrected chi connectivity index (χ0v) is 25.5. The van der Waals surface area contributed by atoms with Crippen LogP contribution in [-0.4, -0.2) is 19.1 Å². The molecule has 9 aromatic rings. The van der Waals surface area contributed by atoms with E-state index in [2.05, 4.69) is 166 Å². The first-order valence-corrected chi connectivity index (χ1v) is 16.0. The van der Waals surface area contributed by atoms with Crippen LogP contribution in [0.5, 0.6) is 0 Å². The molecule has 0 spiro atoms. The smallest absolute Gasteiger partial charge is 0.147 e. The highest BCUT2D eigenvalue weighted by Gasteiger charge is 2.45. The van der Waals surface area contributed by atoms with Gasteiger partial charge in [-0.05, 0) is 70.8 Å². The van der Waals surface area contributed by atoms with Gasteiger partial charge in [0.1, 0.15) is 5.82 Å². The van der Waals surface area contributed by atoms with Crippen molar-refractivity contribution in [2.24, 2.45) is 0 Å². The number of pyridine rings is 1. The van der Waals surface area contributed by atoms with Crippen LogP contribution in [0.15, 0.2) is 170 Å². The summed E-state index contributed by atoms with van der Waals surface area (Å²) in [6.07, 6.45) is 3.72. The number of rotatable bonds is 4. The summed E-state index contributed by atoms with van der Waals surface area (Å²) in [5.41, 5.74) is 11.9. The molecule has 0 fully saturated rings. The van der Waals surface area contributed by atoms with Gasteiger partial charge < -0.3 is 4.57 Å². The highest BCUT2D eigenvalue weighted by molar-refractivity contribution is 6.09. The molecule has 220 valence electrons. The third-order valence-corrected chi connectivity index (χ3v) is 9.88. The van der Waals surface area contributed by atoms with Gasteiger partial charge in [0.25, 0.3) is 0 Å². The lowest BCUT2D eigenvalue weighted by Gasteiger charge is -2.41. The predicted octanol–water partition coefficient (Wildman–Crippen LogP) is 9.88. The Morgan fingerprint density at radius 3 is 1.83 bits per heavy atom. The van der Waals surface area contributed by atoms with E-state index >= 15 is 0 Å². The molecule has 0 amide bonds. The molecular formula is C43H28N4. The molecule has 1 aliphatic rings. The molecule has 0 atom stereocenters. The third-order valence-electron chi connectivity index (χ3n) is 9.88. The SMILES string of the molecule is c1ccc(C2(c3ccccc3)c3cc(-n4c5ccccc5c5ccccc54)ccc3-n3c(-c4cccnc4)nc4cccc2c43)cc1. The van der Waals surface area contributed by atoms with Gasteiger partial charge >= 0.3 is 0 Å². The van der Waals surface area contributed by atoms with E-state index in [0.717, 1.165) is 33.8 Å². The molecule has 0 aliphatic carbocycles. The Morgan fingerprint density at radius 1 is 0.511 bits per heavy atom. The summed E-state index contributed by atoms with van der Waals surface area (Å²) in [5, 5.41) is 2.50. The van der Waals surface area contributed by atoms with E-state index in [1.54, 1.807) is 0 Å². The number of para-hydroxylation sites is 3. The topological polar surface area (TPSA) is 35.6 Å². The van der Waals surface area contributed by atoms with Crippen LogP contribution in [0.4, 0.5) is 0 Å². The van der Waals surface area contributed by atoms with Gasteiger partial charge in [-0.25, -0.2) is 4.98 Å². The molecule has 0 radical (unpaired) electrons. The van der Waals surface area contributed by atoms with Crippen molar-refractivity contribution < 1.29 is 0 Å². The molecule has 4 heterocycles. The van der Waals surface area contributed by atoms with Crippen LogP contribution in [-0.2, 0) is 5.41 Å². The Kier molecular flexibility index (Phi) is 5.46. The lowest BCUT2D eigenvalue weighted by molar-refractivity contribution is 0.724. The maximum Gasteiger partial charge on any atom is 0.147 e. The van der Waals surface area contributed by atoms with Gasteiger partial charge in [0.05, 0.1) is 33.2 Å². The van der Waals surface area contributed by atoms with Crippen molar-refractivity contribution in [3.8, 4) is 22.8 Å². The zero-order chi connectivity index (χ0) is 31.0. The van der Waals surface area contributed by atoms with Gasteiger partial charge in [0.15, 0.2) is 0 Å². The standard InChI is InChI=1S/C43H28N4/c1-3-14-30(15-4-1)43(31-16-5-2-6-17-31)35-20-11-21-37-41(35)47(42(45-37)29-13-12-26-44-28-29)40-25-24-32(27-36(40)43)46-38-22-9-7-18-33(38)34-19-8-10-23-39(34)46/h1-28H. The summed E-state index contributed by atoms with van der Waals surface area (Å²) >= 11 is 0. The fourth-order valence-electron chi connectivity index (χ4n) is 8.02. The Balaban J connectivity index is 1.40. The molecule has 47 heavy (non-hydrogen) atoms. The summed E-state index contributed by atoms with van der Waals surface area (Å²) in [5.74, 6) is 0.890. The average molecular weight is 601 g/mol. The second kappa shape index (κ2) is 9.87. The molecule has 0 N–H and O–H groups in total. The molecular weight excluding hydrogens is 573 g/mol. The fourth-order valence-corrected chi connectivity index (χ4v) is 8.02. The van der Waals surface area contributed by atoms with Crippen LogP contribution in [0, 0.1) is 0 Å². The highest BCUT2D eigenvalue weighted by atomic mass is 15.1. The number of imidazole rings is 1. The van der Waals surface area contributed by atoms with Gasteiger partial charge in [-0.2, -0.15) is 0 Å². The molecule has 10 rings (SSSR count). The van der Waals surface area contributed by atoms with Crippen molar-refractivity contribution >= 4 is 32.8 Å². The van der Waals surface area contributed by atoms with Gasteiger partial charge in [-0.3, -0.25) is 9.55 Å². The quantitative estimate of drug-likeness (QED) is 0.202. The summed E-state index contributed by atoms with van der Waals surface area (Å²) in [6, 6.07) is 57.0. The minimum Gasteiger partial charge on any atom is -0.309 e. The Morgan fingerprint density at radius 2 is 1.17 bits per heavy atom. The second-order valence-electron chi connectivity index (χ2n) is 12.2. The highest BCUT2D eigenvalue weighted by Crippen LogP contribution is 2.54. The molecule has 0 saturated carbocycles. The first kappa shape index (κ1) is 26.0. The largest absolute Gasteiger partial charge is 0.309 e. The number of benzene rings is 6. The summed E-state index contributed by atoms with van der Waals surface area (Å²) in [6.45, 7) is 0. The van der Waals surface area contributed by atoms with E-state index < -0.39 is 5.41 Å². The molecule has 4 heteroatoms. The maximum atomic E-state index is 5.28. The van der Waals surface area contributed by atoms with Crippen LogP contribution in [0.3, 0.4) is 0 Å². The van der Waals surface area contributed by atoms with Crippen LogP contribution in [0.2, 0.25) is 0 Å². The van der Waals surface area contributed by atoms with E-state index in [4.69, 9.17) is 4.98 Å². The molecule has 0 saturated heterocycles. The van der Waals surface area contributed by atoms with E-state index in [-0.39, 0.29) is 0 Å². The number of hydrogen-bond donors (Lipinski definition) is 0. The van der Waals surface area contributed by atoms with Crippen LogP contribution in [0.25, 0.3) is 55.6 Å². The number of aromatic nitrogens is 4. The van der Waals surface area contributed by atoms with E-state index in [0.29, 0.717) is 0 Å². The molecule has 6 aromatic carbocycles. The second-order valence-corrected chi connectivity index (χ2v) is 12.2. The van der Waals surface area contributed by atoms with Crippen LogP contribution in [0.1, 0.15) is 22.3 Å². The Labute approximate surface area is 271 Å². The first-order valence-electron chi connectivity index (χ1n) is 16.0. The van der Waals surface area contributed by atoms with Crippen molar-refractivity contribution in [3.63, 3.8) is 0 Å². The van der Waals surface area contributed by atoms with Gasteiger partial charge in [-0.15, -0.1) is 0 Å². The minimum atomic E-state index is -0.603. The molecule has 4 nitrogen and oxygen atoms in total. The Bertz CT molecular complexity index is 2520. The zero-order valence-electron chi connectivity index (χ0n) is 25.5. The number of fused-ring (bicyclic) bond motifs is 5. The molecule has 1 aliphatic heterocycles.